The maximum atomic E-state index is 14.5. The number of benzene rings is 2. The maximum absolute atomic E-state index is 14.5. The Labute approximate surface area is 227 Å². The molecule has 1 aliphatic heterocycles. The lowest BCUT2D eigenvalue weighted by molar-refractivity contribution is -0.130. The molecule has 12 heteroatoms. The van der Waals surface area contributed by atoms with Crippen molar-refractivity contribution in [2.75, 3.05) is 25.5 Å². The van der Waals surface area contributed by atoms with Crippen molar-refractivity contribution in [2.45, 2.75) is 44.1 Å². The van der Waals surface area contributed by atoms with E-state index in [1.165, 1.54) is 42.1 Å². The number of alkyl halides is 2. The standard InChI is InChI=1S/C27H28F3N5O3S/c1-15-3-5-18(12-20(15)28)27(25-32-14-33-39-25)7-8-35(13-27)26(37)34-21-11-16(23(29)30)4-6-22(21)38-19-9-17(10-19)24(36)31-2/h3-6,11-12,14,17,19,23H,7-10,13H2,1-2H3,(H,31,36)(H,34,37)/t17?,19?,27-/m0/s1. The van der Waals surface area contributed by atoms with Crippen molar-refractivity contribution in [3.8, 4) is 5.75 Å². The van der Waals surface area contributed by atoms with Crippen LogP contribution in [0.25, 0.3) is 0 Å². The van der Waals surface area contributed by atoms with E-state index in [1.807, 2.05) is 6.07 Å². The molecule has 0 unspecified atom stereocenters. The van der Waals surface area contributed by atoms with Crippen molar-refractivity contribution in [3.63, 3.8) is 0 Å². The quantitative estimate of drug-likeness (QED) is 0.422. The van der Waals surface area contributed by atoms with Crippen LogP contribution >= 0.6 is 11.5 Å². The highest BCUT2D eigenvalue weighted by Crippen LogP contribution is 2.42. The predicted octanol–water partition coefficient (Wildman–Crippen LogP) is 5.05. The number of halogens is 3. The molecule has 2 aromatic carbocycles. The number of nitrogens with one attached hydrogen (secondary N) is 2. The van der Waals surface area contributed by atoms with Crippen molar-refractivity contribution < 1.29 is 27.5 Å². The molecule has 2 N–H and O–H groups in total. The summed E-state index contributed by atoms with van der Waals surface area (Å²) >= 11 is 1.19. The van der Waals surface area contributed by atoms with Crippen LogP contribution in [0.1, 0.15) is 47.4 Å². The third kappa shape index (κ3) is 5.29. The van der Waals surface area contributed by atoms with E-state index in [0.29, 0.717) is 41.9 Å². The zero-order valence-corrected chi connectivity index (χ0v) is 22.2. The SMILES string of the molecule is CNC(=O)C1CC(Oc2ccc(C(F)F)cc2NC(=O)N2CC[C@](c3ccc(C)c(F)c3)(c3ncns3)C2)C1. The number of carbonyl (C=O) groups excluding carboxylic acids is 2. The van der Waals surface area contributed by atoms with Crippen molar-refractivity contribution in [1.82, 2.24) is 19.6 Å². The lowest BCUT2D eigenvalue weighted by Crippen LogP contribution is -2.42. The molecule has 2 aliphatic rings. The second-order valence-electron chi connectivity index (χ2n) is 9.97. The van der Waals surface area contributed by atoms with E-state index in [-0.39, 0.29) is 47.3 Å². The Hall–Kier alpha value is -3.67. The van der Waals surface area contributed by atoms with E-state index in [0.717, 1.165) is 0 Å². The van der Waals surface area contributed by atoms with Gasteiger partial charge in [-0.25, -0.2) is 22.9 Å². The van der Waals surface area contributed by atoms with Crippen LogP contribution in [-0.2, 0) is 10.2 Å². The number of urea groups is 1. The average molecular weight is 560 g/mol. The number of ether oxygens (including phenoxy) is 1. The molecule has 1 saturated heterocycles. The van der Waals surface area contributed by atoms with Gasteiger partial charge < -0.3 is 20.3 Å². The Kier molecular flexibility index (Phi) is 7.48. The molecular weight excluding hydrogens is 531 g/mol. The Balaban J connectivity index is 1.36. The molecule has 206 valence electrons. The summed E-state index contributed by atoms with van der Waals surface area (Å²) in [7, 11) is 1.57. The fourth-order valence-electron chi connectivity index (χ4n) is 5.13. The molecule has 1 saturated carbocycles. The minimum atomic E-state index is -2.73. The van der Waals surface area contributed by atoms with Gasteiger partial charge in [-0.2, -0.15) is 4.37 Å². The van der Waals surface area contributed by atoms with Crippen LogP contribution in [0, 0.1) is 18.7 Å². The first-order chi connectivity index (χ1) is 18.7. The predicted molar refractivity (Wildman–Crippen MR) is 140 cm³/mol. The summed E-state index contributed by atoms with van der Waals surface area (Å²) in [6, 6.07) is 8.38. The number of amides is 3. The van der Waals surface area contributed by atoms with Gasteiger partial charge in [-0.15, -0.1) is 0 Å². The number of aromatic nitrogens is 2. The molecule has 3 amide bonds. The van der Waals surface area contributed by atoms with E-state index in [4.69, 9.17) is 4.74 Å². The van der Waals surface area contributed by atoms with Crippen LogP contribution < -0.4 is 15.4 Å². The number of likely N-dealkylation sites (tertiary alicyclic amines) is 1. The fraction of sp³-hybridized carbons (Fsp3) is 0.407. The van der Waals surface area contributed by atoms with Gasteiger partial charge in [0.15, 0.2) is 0 Å². The number of aryl methyl sites for hydroxylation is 1. The Bertz CT molecular complexity index is 1370. The van der Waals surface area contributed by atoms with Gasteiger partial charge in [-0.3, -0.25) is 4.79 Å². The van der Waals surface area contributed by atoms with Gasteiger partial charge in [0.2, 0.25) is 5.91 Å². The molecule has 0 spiro atoms. The molecule has 2 heterocycles. The molecule has 39 heavy (non-hydrogen) atoms. The molecule has 0 radical (unpaired) electrons. The highest BCUT2D eigenvalue weighted by Gasteiger charge is 2.45. The number of nitrogens with zero attached hydrogens (tertiary/aromatic N) is 3. The van der Waals surface area contributed by atoms with Crippen LogP contribution in [0.4, 0.5) is 23.7 Å². The summed E-state index contributed by atoms with van der Waals surface area (Å²) in [6.07, 6.45) is -0.0935. The van der Waals surface area contributed by atoms with Gasteiger partial charge in [0.1, 0.15) is 29.0 Å². The van der Waals surface area contributed by atoms with Crippen LogP contribution in [0.3, 0.4) is 0 Å². The third-order valence-corrected chi connectivity index (χ3v) is 8.42. The number of hydrogen-bond donors (Lipinski definition) is 2. The summed E-state index contributed by atoms with van der Waals surface area (Å²) in [6.45, 7) is 2.22. The summed E-state index contributed by atoms with van der Waals surface area (Å²) in [4.78, 5) is 31.2. The first kappa shape index (κ1) is 26.9. The first-order valence-electron chi connectivity index (χ1n) is 12.6. The highest BCUT2D eigenvalue weighted by molar-refractivity contribution is 7.05. The fourth-order valence-corrected chi connectivity index (χ4v) is 5.88. The third-order valence-electron chi connectivity index (χ3n) is 7.55. The van der Waals surface area contributed by atoms with Gasteiger partial charge in [0.25, 0.3) is 6.43 Å². The molecule has 3 aromatic rings. The van der Waals surface area contributed by atoms with Crippen LogP contribution in [-0.4, -0.2) is 52.4 Å². The maximum Gasteiger partial charge on any atom is 0.321 e. The Morgan fingerprint density at radius 1 is 1.21 bits per heavy atom. The van der Waals surface area contributed by atoms with E-state index >= 15 is 0 Å². The second-order valence-corrected chi connectivity index (χ2v) is 10.8. The molecule has 8 nitrogen and oxygen atoms in total. The molecule has 1 atom stereocenters. The van der Waals surface area contributed by atoms with Crippen molar-refractivity contribution in [3.05, 3.63) is 70.2 Å². The Morgan fingerprint density at radius 2 is 2.00 bits per heavy atom. The zero-order valence-electron chi connectivity index (χ0n) is 21.4. The van der Waals surface area contributed by atoms with Crippen LogP contribution in [0.2, 0.25) is 0 Å². The van der Waals surface area contributed by atoms with E-state index < -0.39 is 17.9 Å². The smallest absolute Gasteiger partial charge is 0.321 e. The molecule has 1 aromatic heterocycles. The lowest BCUT2D eigenvalue weighted by Gasteiger charge is -2.34. The summed E-state index contributed by atoms with van der Waals surface area (Å²) in [5, 5.41) is 6.02. The minimum absolute atomic E-state index is 0.0715. The minimum Gasteiger partial charge on any atom is -0.488 e. The largest absolute Gasteiger partial charge is 0.488 e. The molecule has 5 rings (SSSR count). The highest BCUT2D eigenvalue weighted by atomic mass is 32.1. The molecule has 2 fully saturated rings. The summed E-state index contributed by atoms with van der Waals surface area (Å²) in [5.74, 6) is -0.330. The normalized spacial score (nSPS) is 22.5. The topological polar surface area (TPSA) is 96.5 Å². The van der Waals surface area contributed by atoms with Crippen LogP contribution in [0.15, 0.2) is 42.7 Å². The van der Waals surface area contributed by atoms with Crippen molar-refractivity contribution in [1.29, 1.82) is 0 Å². The zero-order chi connectivity index (χ0) is 27.7. The Morgan fingerprint density at radius 3 is 2.67 bits per heavy atom. The van der Waals surface area contributed by atoms with Gasteiger partial charge in [0.05, 0.1) is 11.1 Å². The van der Waals surface area contributed by atoms with Gasteiger partial charge in [-0.1, -0.05) is 12.1 Å². The average Bonchev–Trinajstić information content (AvgIpc) is 3.59. The number of rotatable bonds is 7. The van der Waals surface area contributed by atoms with Crippen LogP contribution in [0.5, 0.6) is 5.75 Å². The van der Waals surface area contributed by atoms with E-state index in [9.17, 15) is 22.8 Å². The van der Waals surface area contributed by atoms with E-state index in [1.54, 1.807) is 24.9 Å². The van der Waals surface area contributed by atoms with E-state index in [2.05, 4.69) is 20.0 Å². The van der Waals surface area contributed by atoms with Gasteiger partial charge >= 0.3 is 6.03 Å². The van der Waals surface area contributed by atoms with Crippen molar-refractivity contribution >= 4 is 29.2 Å². The lowest BCUT2D eigenvalue weighted by atomic mass is 9.80. The monoisotopic (exact) mass is 559 g/mol. The molecule has 0 bridgehead atoms. The summed E-state index contributed by atoms with van der Waals surface area (Å²) < 4.78 is 51.6. The van der Waals surface area contributed by atoms with Gasteiger partial charge in [-0.05, 0) is 73.1 Å². The van der Waals surface area contributed by atoms with Gasteiger partial charge in [0, 0.05) is 31.6 Å². The molecule has 1 aliphatic carbocycles. The second kappa shape index (κ2) is 10.8. The number of anilines is 1. The summed E-state index contributed by atoms with van der Waals surface area (Å²) in [5.41, 5.74) is 0.318. The number of hydrogen-bond acceptors (Lipinski definition) is 6. The number of carbonyl (C=O) groups is 2. The first-order valence-corrected chi connectivity index (χ1v) is 13.4. The molecular formula is C27H28F3N5O3S. The van der Waals surface area contributed by atoms with Crippen molar-refractivity contribution in [2.24, 2.45) is 5.92 Å².